The number of aryl methyl sites for hydroxylation is 2. The van der Waals surface area contributed by atoms with Crippen LogP contribution in [-0.2, 0) is 7.05 Å². The molecule has 0 bridgehead atoms. The van der Waals surface area contributed by atoms with E-state index in [0.29, 0.717) is 13.1 Å². The van der Waals surface area contributed by atoms with E-state index in [1.54, 1.807) is 30.3 Å². The van der Waals surface area contributed by atoms with Crippen LogP contribution in [0.15, 0.2) is 53.6 Å². The summed E-state index contributed by atoms with van der Waals surface area (Å²) >= 11 is 0. The molecular weight excluding hydrogens is 352 g/mol. The van der Waals surface area contributed by atoms with Crippen molar-refractivity contribution in [2.75, 3.05) is 13.1 Å². The second-order valence-electron chi connectivity index (χ2n) is 7.49. The van der Waals surface area contributed by atoms with E-state index in [1.807, 2.05) is 6.20 Å². The Bertz CT molecular complexity index is 1050. The number of rotatable bonds is 3. The predicted molar refractivity (Wildman–Crippen MR) is 108 cm³/mol. The third-order valence-electron chi connectivity index (χ3n) is 5.50. The molecule has 0 radical (unpaired) electrons. The van der Waals surface area contributed by atoms with Crippen molar-refractivity contribution in [1.82, 2.24) is 19.7 Å². The molecular formula is C22H24N4O2. The number of likely N-dealkylation sites (tertiary alicyclic amines) is 1. The first kappa shape index (κ1) is 18.2. The maximum absolute atomic E-state index is 13.0. The molecule has 3 heterocycles. The molecule has 6 heteroatoms. The van der Waals surface area contributed by atoms with E-state index in [1.165, 1.54) is 10.1 Å². The van der Waals surface area contributed by atoms with Gasteiger partial charge in [-0.05, 0) is 37.5 Å². The van der Waals surface area contributed by atoms with E-state index in [9.17, 15) is 9.59 Å². The van der Waals surface area contributed by atoms with Gasteiger partial charge in [0.1, 0.15) is 5.56 Å². The van der Waals surface area contributed by atoms with Crippen molar-refractivity contribution < 1.29 is 4.79 Å². The van der Waals surface area contributed by atoms with Gasteiger partial charge >= 0.3 is 0 Å². The van der Waals surface area contributed by atoms with Gasteiger partial charge in [-0.15, -0.1) is 0 Å². The zero-order valence-electron chi connectivity index (χ0n) is 16.2. The summed E-state index contributed by atoms with van der Waals surface area (Å²) < 4.78 is 1.44. The zero-order valence-corrected chi connectivity index (χ0v) is 16.2. The van der Waals surface area contributed by atoms with Crippen LogP contribution in [0, 0.1) is 6.92 Å². The molecule has 1 aliphatic heterocycles. The molecule has 1 N–H and O–H groups in total. The molecule has 1 aliphatic rings. The molecule has 0 spiro atoms. The Hall–Kier alpha value is -3.15. The van der Waals surface area contributed by atoms with Crippen LogP contribution < -0.4 is 5.56 Å². The average Bonchev–Trinajstić information content (AvgIpc) is 3.20. The lowest BCUT2D eigenvalue weighted by Gasteiger charge is -2.32. The lowest BCUT2D eigenvalue weighted by Crippen LogP contribution is -2.41. The molecule has 1 fully saturated rings. The smallest absolute Gasteiger partial charge is 0.263 e. The summed E-state index contributed by atoms with van der Waals surface area (Å²) in [5.74, 6) is -0.0219. The molecule has 2 aromatic heterocycles. The van der Waals surface area contributed by atoms with E-state index >= 15 is 0 Å². The molecule has 1 aromatic carbocycles. The summed E-state index contributed by atoms with van der Waals surface area (Å²) in [6.45, 7) is 3.32. The maximum atomic E-state index is 13.0. The van der Waals surface area contributed by atoms with Crippen LogP contribution in [-0.4, -0.2) is 38.7 Å². The topological polar surface area (TPSA) is 71.0 Å². The fourth-order valence-corrected chi connectivity index (χ4v) is 3.90. The van der Waals surface area contributed by atoms with Crippen LogP contribution in [0.2, 0.25) is 0 Å². The monoisotopic (exact) mass is 376 g/mol. The molecule has 1 saturated heterocycles. The number of aromatic nitrogens is 3. The fourth-order valence-electron chi connectivity index (χ4n) is 3.90. The molecule has 1 atom stereocenters. The van der Waals surface area contributed by atoms with Crippen molar-refractivity contribution in [2.24, 2.45) is 7.05 Å². The second-order valence-corrected chi connectivity index (χ2v) is 7.49. The SMILES string of the molecule is Cc1ccc(-c2cn[nH]c2C2CCCN(C(=O)c3cccn(C)c3=O)C2)cc1. The molecule has 1 unspecified atom stereocenters. The Morgan fingerprint density at radius 1 is 1.21 bits per heavy atom. The number of nitrogens with zero attached hydrogens (tertiary/aromatic N) is 3. The molecule has 6 nitrogen and oxygen atoms in total. The van der Waals surface area contributed by atoms with E-state index in [4.69, 9.17) is 0 Å². The Balaban J connectivity index is 1.59. The van der Waals surface area contributed by atoms with Crippen molar-refractivity contribution in [3.63, 3.8) is 0 Å². The minimum absolute atomic E-state index is 0.170. The quantitative estimate of drug-likeness (QED) is 0.764. The highest BCUT2D eigenvalue weighted by molar-refractivity contribution is 5.94. The largest absolute Gasteiger partial charge is 0.338 e. The lowest BCUT2D eigenvalue weighted by atomic mass is 9.90. The van der Waals surface area contributed by atoms with Gasteiger partial charge in [0.05, 0.1) is 6.20 Å². The number of pyridine rings is 1. The minimum Gasteiger partial charge on any atom is -0.338 e. The lowest BCUT2D eigenvalue weighted by molar-refractivity contribution is 0.0703. The van der Waals surface area contributed by atoms with Gasteiger partial charge in [0.25, 0.3) is 11.5 Å². The summed E-state index contributed by atoms with van der Waals surface area (Å²) in [7, 11) is 1.66. The number of piperidine rings is 1. The Kier molecular flexibility index (Phi) is 4.86. The predicted octanol–water partition coefficient (Wildman–Crippen LogP) is 3.10. The first-order valence-corrected chi connectivity index (χ1v) is 9.60. The summed E-state index contributed by atoms with van der Waals surface area (Å²) in [6, 6.07) is 11.7. The number of hydrogen-bond acceptors (Lipinski definition) is 3. The van der Waals surface area contributed by atoms with Gasteiger partial charge in [-0.1, -0.05) is 29.8 Å². The number of hydrogen-bond donors (Lipinski definition) is 1. The average molecular weight is 376 g/mol. The van der Waals surface area contributed by atoms with Crippen molar-refractivity contribution in [1.29, 1.82) is 0 Å². The number of amides is 1. The molecule has 1 amide bonds. The molecule has 3 aromatic rings. The van der Waals surface area contributed by atoms with Crippen molar-refractivity contribution >= 4 is 5.91 Å². The molecule has 0 aliphatic carbocycles. The zero-order chi connectivity index (χ0) is 19.7. The van der Waals surface area contributed by atoms with E-state index in [-0.39, 0.29) is 22.9 Å². The standard InChI is InChI=1S/C22H24N4O2/c1-15-7-9-16(10-8-15)19-13-23-24-20(19)17-5-3-12-26(14-17)22(28)18-6-4-11-25(2)21(18)27/h4,6-11,13,17H,3,5,12,14H2,1-2H3,(H,23,24). The molecule has 144 valence electrons. The first-order valence-electron chi connectivity index (χ1n) is 9.60. The summed E-state index contributed by atoms with van der Waals surface area (Å²) in [5, 5.41) is 7.42. The van der Waals surface area contributed by atoms with E-state index < -0.39 is 0 Å². The minimum atomic E-state index is -0.253. The number of nitrogens with one attached hydrogen (secondary N) is 1. The van der Waals surface area contributed by atoms with Crippen LogP contribution in [0.4, 0.5) is 0 Å². The molecule has 0 saturated carbocycles. The maximum Gasteiger partial charge on any atom is 0.263 e. The second kappa shape index (κ2) is 7.46. The van der Waals surface area contributed by atoms with Crippen molar-refractivity contribution in [3.05, 3.63) is 76.0 Å². The number of H-pyrrole nitrogens is 1. The number of carbonyl (C=O) groups excluding carboxylic acids is 1. The van der Waals surface area contributed by atoms with Crippen molar-refractivity contribution in [2.45, 2.75) is 25.7 Å². The van der Waals surface area contributed by atoms with E-state index in [0.717, 1.165) is 29.7 Å². The van der Waals surface area contributed by atoms with Crippen LogP contribution in [0.5, 0.6) is 0 Å². The molecule has 28 heavy (non-hydrogen) atoms. The highest BCUT2D eigenvalue weighted by Crippen LogP contribution is 2.33. The van der Waals surface area contributed by atoms with Crippen LogP contribution in [0.1, 0.15) is 40.4 Å². The van der Waals surface area contributed by atoms with E-state index in [2.05, 4.69) is 41.4 Å². The summed E-state index contributed by atoms with van der Waals surface area (Å²) in [4.78, 5) is 27.1. The van der Waals surface area contributed by atoms with Gasteiger partial charge in [0.15, 0.2) is 0 Å². The van der Waals surface area contributed by atoms with Gasteiger partial charge in [-0.25, -0.2) is 0 Å². The van der Waals surface area contributed by atoms with Gasteiger partial charge in [0.2, 0.25) is 0 Å². The van der Waals surface area contributed by atoms with Crippen LogP contribution in [0.25, 0.3) is 11.1 Å². The van der Waals surface area contributed by atoms with Crippen molar-refractivity contribution in [3.8, 4) is 11.1 Å². The van der Waals surface area contributed by atoms with Gasteiger partial charge in [-0.3, -0.25) is 14.7 Å². The first-order chi connectivity index (χ1) is 13.5. The normalized spacial score (nSPS) is 16.9. The fraction of sp³-hybridized carbons (Fsp3) is 0.318. The Labute approximate surface area is 163 Å². The van der Waals surface area contributed by atoms with Gasteiger partial charge < -0.3 is 9.47 Å². The number of benzene rings is 1. The van der Waals surface area contributed by atoms with Gasteiger partial charge in [0, 0.05) is 43.5 Å². The number of aromatic amines is 1. The van der Waals surface area contributed by atoms with Crippen LogP contribution in [0.3, 0.4) is 0 Å². The third kappa shape index (κ3) is 3.38. The highest BCUT2D eigenvalue weighted by atomic mass is 16.2. The summed E-state index contributed by atoms with van der Waals surface area (Å²) in [5.41, 5.74) is 4.45. The third-order valence-corrected chi connectivity index (χ3v) is 5.50. The number of carbonyl (C=O) groups is 1. The Morgan fingerprint density at radius 2 is 2.00 bits per heavy atom. The van der Waals surface area contributed by atoms with Gasteiger partial charge in [-0.2, -0.15) is 5.10 Å². The molecule has 4 rings (SSSR count). The summed E-state index contributed by atoms with van der Waals surface area (Å²) in [6.07, 6.45) is 5.40. The van der Waals surface area contributed by atoms with Crippen LogP contribution >= 0.6 is 0 Å². The highest BCUT2D eigenvalue weighted by Gasteiger charge is 2.29. The Morgan fingerprint density at radius 3 is 2.79 bits per heavy atom.